The molecule has 0 bridgehead atoms. The summed E-state index contributed by atoms with van der Waals surface area (Å²) in [5, 5.41) is 0. The number of nitrogens with zero attached hydrogens (tertiary/aromatic N) is 2. The smallest absolute Gasteiger partial charge is 0.250 e. The summed E-state index contributed by atoms with van der Waals surface area (Å²) in [6.45, 7) is 7.43. The minimum atomic E-state index is -0.203. The lowest BCUT2D eigenvalue weighted by molar-refractivity contribution is 0.101. The fourth-order valence-corrected chi connectivity index (χ4v) is 1.28. The van der Waals surface area contributed by atoms with Gasteiger partial charge in [-0.25, -0.2) is 0 Å². The van der Waals surface area contributed by atoms with Crippen molar-refractivity contribution in [3.63, 3.8) is 0 Å². The number of aromatic nitrogens is 1. The monoisotopic (exact) mass is 236 g/mol. The first-order chi connectivity index (χ1) is 7.99. The second-order valence-corrected chi connectivity index (χ2v) is 3.62. The van der Waals surface area contributed by atoms with Crippen LogP contribution in [0.1, 0.15) is 44.6 Å². The summed E-state index contributed by atoms with van der Waals surface area (Å²) < 4.78 is 1.31. The highest BCUT2D eigenvalue weighted by Crippen LogP contribution is 2.16. The van der Waals surface area contributed by atoms with Crippen LogP contribution in [0.4, 0.5) is 5.69 Å². The second kappa shape index (κ2) is 7.54. The molecule has 0 aliphatic carbocycles. The lowest BCUT2D eigenvalue weighted by Crippen LogP contribution is -2.21. The summed E-state index contributed by atoms with van der Waals surface area (Å²) in [4.78, 5) is 26.6. The molecule has 1 aromatic heterocycles. The minimum Gasteiger partial charge on any atom is -0.307 e. The van der Waals surface area contributed by atoms with Crippen molar-refractivity contribution < 1.29 is 4.79 Å². The van der Waals surface area contributed by atoms with Gasteiger partial charge in [-0.15, -0.1) is 0 Å². The summed E-state index contributed by atoms with van der Waals surface area (Å²) in [5.41, 5.74) is 0.669. The largest absolute Gasteiger partial charge is 0.307 e. The van der Waals surface area contributed by atoms with Crippen LogP contribution < -0.4 is 5.56 Å². The van der Waals surface area contributed by atoms with Gasteiger partial charge in [0.2, 0.25) is 0 Å². The van der Waals surface area contributed by atoms with Gasteiger partial charge in [0.15, 0.2) is 5.78 Å². The SMILES string of the molecule is CC=Nc1ccc(=O)n(C)c1C(C)=O.CCC. The molecule has 17 heavy (non-hydrogen) atoms. The first-order valence-corrected chi connectivity index (χ1v) is 5.69. The number of aliphatic imine (C=N–C) groups is 1. The van der Waals surface area contributed by atoms with Gasteiger partial charge in [0.1, 0.15) is 5.69 Å². The molecule has 0 unspecified atom stereocenters. The number of hydrogen-bond acceptors (Lipinski definition) is 3. The number of carbonyl (C=O) groups excluding carboxylic acids is 1. The van der Waals surface area contributed by atoms with E-state index in [4.69, 9.17) is 0 Å². The van der Waals surface area contributed by atoms with E-state index in [2.05, 4.69) is 18.8 Å². The highest BCUT2D eigenvalue weighted by molar-refractivity contribution is 5.97. The zero-order valence-corrected chi connectivity index (χ0v) is 11.2. The van der Waals surface area contributed by atoms with E-state index in [9.17, 15) is 9.59 Å². The third-order valence-electron chi connectivity index (χ3n) is 1.89. The number of carbonyl (C=O) groups is 1. The van der Waals surface area contributed by atoms with Gasteiger partial charge in [0, 0.05) is 26.3 Å². The zero-order chi connectivity index (χ0) is 13.4. The Morgan fingerprint density at radius 3 is 2.35 bits per heavy atom. The maximum atomic E-state index is 11.3. The second-order valence-electron chi connectivity index (χ2n) is 3.62. The molecule has 1 heterocycles. The van der Waals surface area contributed by atoms with E-state index in [1.54, 1.807) is 26.3 Å². The van der Waals surface area contributed by atoms with Crippen molar-refractivity contribution in [1.29, 1.82) is 0 Å². The van der Waals surface area contributed by atoms with Gasteiger partial charge >= 0.3 is 0 Å². The van der Waals surface area contributed by atoms with E-state index in [1.165, 1.54) is 24.0 Å². The third-order valence-corrected chi connectivity index (χ3v) is 1.89. The van der Waals surface area contributed by atoms with Gasteiger partial charge in [0.25, 0.3) is 5.56 Å². The van der Waals surface area contributed by atoms with Gasteiger partial charge in [0.05, 0.1) is 5.69 Å². The fourth-order valence-electron chi connectivity index (χ4n) is 1.28. The Morgan fingerprint density at radius 1 is 1.41 bits per heavy atom. The van der Waals surface area contributed by atoms with Crippen LogP contribution in [0.15, 0.2) is 21.9 Å². The molecular weight excluding hydrogens is 216 g/mol. The summed E-state index contributed by atoms with van der Waals surface area (Å²) in [6.07, 6.45) is 2.84. The quantitative estimate of drug-likeness (QED) is 0.585. The van der Waals surface area contributed by atoms with Crippen molar-refractivity contribution >= 4 is 17.7 Å². The Hall–Kier alpha value is -1.71. The first kappa shape index (κ1) is 15.3. The number of Topliss-reactive ketones (excluding diaryl/α,β-unsaturated/α-hetero) is 1. The van der Waals surface area contributed by atoms with E-state index < -0.39 is 0 Å². The topological polar surface area (TPSA) is 51.4 Å². The Balaban J connectivity index is 0.000000770. The normalized spacial score (nSPS) is 9.94. The van der Waals surface area contributed by atoms with Crippen molar-refractivity contribution in [3.05, 3.63) is 28.2 Å². The molecule has 0 aromatic carbocycles. The van der Waals surface area contributed by atoms with Crippen molar-refractivity contribution in [2.24, 2.45) is 12.0 Å². The van der Waals surface area contributed by atoms with Crippen LogP contribution in [0.2, 0.25) is 0 Å². The van der Waals surface area contributed by atoms with E-state index in [0.717, 1.165) is 0 Å². The highest BCUT2D eigenvalue weighted by Gasteiger charge is 2.10. The van der Waals surface area contributed by atoms with Gasteiger partial charge in [-0.05, 0) is 13.0 Å². The number of pyridine rings is 1. The average Bonchev–Trinajstić information content (AvgIpc) is 2.24. The molecule has 0 amide bonds. The Bertz CT molecular complexity index is 459. The van der Waals surface area contributed by atoms with Crippen LogP contribution in [0.25, 0.3) is 0 Å². The molecule has 0 aliphatic rings. The molecule has 0 radical (unpaired) electrons. The molecule has 0 saturated heterocycles. The van der Waals surface area contributed by atoms with Gasteiger partial charge < -0.3 is 4.57 Å². The Labute approximate surface area is 102 Å². The molecule has 0 spiro atoms. The van der Waals surface area contributed by atoms with Crippen LogP contribution >= 0.6 is 0 Å². The fraction of sp³-hybridized carbons (Fsp3) is 0.462. The molecule has 0 N–H and O–H groups in total. The summed E-state index contributed by atoms with van der Waals surface area (Å²) in [6, 6.07) is 2.95. The van der Waals surface area contributed by atoms with Gasteiger partial charge in [-0.3, -0.25) is 14.6 Å². The summed E-state index contributed by atoms with van der Waals surface area (Å²) in [5.74, 6) is -0.161. The maximum absolute atomic E-state index is 11.3. The highest BCUT2D eigenvalue weighted by atomic mass is 16.1. The van der Waals surface area contributed by atoms with Crippen LogP contribution in [-0.2, 0) is 7.05 Å². The molecule has 4 heteroatoms. The Kier molecular flexibility index (Phi) is 6.79. The van der Waals surface area contributed by atoms with Crippen LogP contribution in [0.3, 0.4) is 0 Å². The standard InChI is InChI=1S/C10H12N2O2.C3H8/c1-4-11-8-5-6-9(14)12(3)10(8)7(2)13;1-3-2/h4-6H,1-3H3;3H2,1-2H3. The first-order valence-electron chi connectivity index (χ1n) is 5.69. The average molecular weight is 236 g/mol. The maximum Gasteiger partial charge on any atom is 0.250 e. The minimum absolute atomic E-state index is 0.161. The third kappa shape index (κ3) is 4.34. The van der Waals surface area contributed by atoms with E-state index in [1.807, 2.05) is 0 Å². The number of hydrogen-bond donors (Lipinski definition) is 0. The van der Waals surface area contributed by atoms with E-state index >= 15 is 0 Å². The van der Waals surface area contributed by atoms with Crippen LogP contribution in [0.5, 0.6) is 0 Å². The predicted octanol–water partition coefficient (Wildman–Crippen LogP) is 2.73. The van der Waals surface area contributed by atoms with Crippen molar-refractivity contribution in [2.75, 3.05) is 0 Å². The summed E-state index contributed by atoms with van der Waals surface area (Å²) in [7, 11) is 1.56. The van der Waals surface area contributed by atoms with Crippen molar-refractivity contribution in [2.45, 2.75) is 34.1 Å². The molecule has 4 nitrogen and oxygen atoms in total. The lowest BCUT2D eigenvalue weighted by Gasteiger charge is -2.06. The van der Waals surface area contributed by atoms with E-state index in [-0.39, 0.29) is 11.3 Å². The lowest BCUT2D eigenvalue weighted by atomic mass is 10.2. The molecular formula is C13H20N2O2. The molecule has 0 saturated carbocycles. The molecule has 1 aromatic rings. The number of rotatable bonds is 2. The molecule has 1 rings (SSSR count). The molecule has 94 valence electrons. The van der Waals surface area contributed by atoms with Gasteiger partial charge in [-0.1, -0.05) is 20.3 Å². The van der Waals surface area contributed by atoms with Crippen LogP contribution in [-0.4, -0.2) is 16.6 Å². The summed E-state index contributed by atoms with van der Waals surface area (Å²) >= 11 is 0. The zero-order valence-electron chi connectivity index (χ0n) is 11.2. The molecule has 0 atom stereocenters. The number of ketones is 1. The molecule has 0 fully saturated rings. The van der Waals surface area contributed by atoms with Crippen molar-refractivity contribution in [1.82, 2.24) is 4.57 Å². The van der Waals surface area contributed by atoms with Crippen molar-refractivity contribution in [3.8, 4) is 0 Å². The van der Waals surface area contributed by atoms with E-state index in [0.29, 0.717) is 11.4 Å². The Morgan fingerprint density at radius 2 is 1.94 bits per heavy atom. The van der Waals surface area contributed by atoms with Crippen LogP contribution in [0, 0.1) is 0 Å². The predicted molar refractivity (Wildman–Crippen MR) is 71.5 cm³/mol. The van der Waals surface area contributed by atoms with Gasteiger partial charge in [-0.2, -0.15) is 0 Å². The molecule has 0 aliphatic heterocycles.